The molecule has 1 aromatic carbocycles. The quantitative estimate of drug-likeness (QED) is 0.855. The molecule has 0 saturated carbocycles. The third kappa shape index (κ3) is 2.86. The van der Waals surface area contributed by atoms with Gasteiger partial charge < -0.3 is 10.0 Å². The monoisotopic (exact) mass is 281 g/mol. The number of phenolic OH excluding ortho intramolecular Hbond substituents is 1. The fourth-order valence-corrected chi connectivity index (χ4v) is 2.99. The Hall–Kier alpha value is -1.22. The number of aromatic hydroxyl groups is 1. The van der Waals surface area contributed by atoms with Gasteiger partial charge in [-0.1, -0.05) is 25.4 Å². The molecule has 1 aromatic rings. The van der Waals surface area contributed by atoms with Crippen molar-refractivity contribution >= 4 is 17.5 Å². The van der Waals surface area contributed by atoms with E-state index in [1.54, 1.807) is 12.1 Å². The lowest BCUT2D eigenvalue weighted by Gasteiger charge is -2.41. The van der Waals surface area contributed by atoms with Crippen LogP contribution in [0.25, 0.3) is 0 Å². The van der Waals surface area contributed by atoms with Crippen molar-refractivity contribution in [2.75, 3.05) is 6.54 Å². The van der Waals surface area contributed by atoms with E-state index in [2.05, 4.69) is 20.8 Å². The molecule has 4 heteroatoms. The Morgan fingerprint density at radius 1 is 1.37 bits per heavy atom. The second-order valence-electron chi connectivity index (χ2n) is 5.68. The summed E-state index contributed by atoms with van der Waals surface area (Å²) in [6.45, 7) is 7.14. The first-order chi connectivity index (χ1) is 8.90. The molecule has 0 aromatic heterocycles. The highest BCUT2D eigenvalue weighted by Crippen LogP contribution is 2.30. The van der Waals surface area contributed by atoms with E-state index in [4.69, 9.17) is 11.6 Å². The molecule has 3 nitrogen and oxygen atoms in total. The third-order valence-corrected chi connectivity index (χ3v) is 4.28. The minimum Gasteiger partial charge on any atom is -0.507 e. The van der Waals surface area contributed by atoms with Crippen molar-refractivity contribution in [2.45, 2.75) is 33.2 Å². The first kappa shape index (κ1) is 14.2. The second kappa shape index (κ2) is 5.41. The van der Waals surface area contributed by atoms with Gasteiger partial charge in [-0.25, -0.2) is 0 Å². The molecule has 3 atom stereocenters. The van der Waals surface area contributed by atoms with Crippen molar-refractivity contribution in [3.8, 4) is 5.75 Å². The van der Waals surface area contributed by atoms with Crippen molar-refractivity contribution in [1.29, 1.82) is 0 Å². The molecule has 1 heterocycles. The summed E-state index contributed by atoms with van der Waals surface area (Å²) >= 11 is 5.80. The van der Waals surface area contributed by atoms with E-state index >= 15 is 0 Å². The zero-order valence-corrected chi connectivity index (χ0v) is 12.3. The van der Waals surface area contributed by atoms with Crippen LogP contribution in [0.4, 0.5) is 0 Å². The lowest BCUT2D eigenvalue weighted by atomic mass is 9.85. The minimum absolute atomic E-state index is 0.0458. The van der Waals surface area contributed by atoms with E-state index < -0.39 is 0 Å². The fraction of sp³-hybridized carbons (Fsp3) is 0.533. The Labute approximate surface area is 119 Å². The van der Waals surface area contributed by atoms with E-state index in [1.165, 1.54) is 6.07 Å². The molecule has 1 aliphatic heterocycles. The number of amides is 1. The van der Waals surface area contributed by atoms with Gasteiger partial charge in [0.25, 0.3) is 5.91 Å². The number of nitrogens with zero attached hydrogens (tertiary/aromatic N) is 1. The van der Waals surface area contributed by atoms with E-state index in [9.17, 15) is 9.90 Å². The first-order valence-electron chi connectivity index (χ1n) is 6.69. The molecular formula is C15H20ClNO2. The van der Waals surface area contributed by atoms with Crippen LogP contribution < -0.4 is 0 Å². The van der Waals surface area contributed by atoms with Gasteiger partial charge in [-0.2, -0.15) is 0 Å². The maximum Gasteiger partial charge on any atom is 0.257 e. The molecule has 19 heavy (non-hydrogen) atoms. The van der Waals surface area contributed by atoms with Crippen LogP contribution in [0.5, 0.6) is 5.75 Å². The predicted molar refractivity (Wildman–Crippen MR) is 76.6 cm³/mol. The summed E-state index contributed by atoms with van der Waals surface area (Å²) in [5.74, 6) is 0.808. The Bertz CT molecular complexity index is 489. The summed E-state index contributed by atoms with van der Waals surface area (Å²) in [6, 6.07) is 4.84. The molecule has 1 saturated heterocycles. The number of rotatable bonds is 1. The van der Waals surface area contributed by atoms with E-state index in [0.29, 0.717) is 22.4 Å². The zero-order valence-electron chi connectivity index (χ0n) is 11.6. The number of halogens is 1. The lowest BCUT2D eigenvalue weighted by Crippen LogP contribution is -2.48. The van der Waals surface area contributed by atoms with Gasteiger partial charge in [0.1, 0.15) is 5.75 Å². The molecule has 3 unspecified atom stereocenters. The topological polar surface area (TPSA) is 40.5 Å². The number of carbonyl (C=O) groups excluding carboxylic acids is 1. The van der Waals surface area contributed by atoms with Crippen LogP contribution in [-0.2, 0) is 0 Å². The molecule has 1 N–H and O–H groups in total. The van der Waals surface area contributed by atoms with E-state index in [1.807, 2.05) is 4.90 Å². The molecule has 1 fully saturated rings. The van der Waals surface area contributed by atoms with Crippen molar-refractivity contribution in [3.63, 3.8) is 0 Å². The van der Waals surface area contributed by atoms with Crippen molar-refractivity contribution in [1.82, 2.24) is 4.90 Å². The smallest absolute Gasteiger partial charge is 0.257 e. The number of piperidine rings is 1. The van der Waals surface area contributed by atoms with E-state index in [-0.39, 0.29) is 17.7 Å². The van der Waals surface area contributed by atoms with Gasteiger partial charge in [0.2, 0.25) is 0 Å². The summed E-state index contributed by atoms with van der Waals surface area (Å²) in [5, 5.41) is 10.3. The Morgan fingerprint density at radius 2 is 2.05 bits per heavy atom. The minimum atomic E-state index is -0.111. The fourth-order valence-electron chi connectivity index (χ4n) is 2.82. The molecule has 0 spiro atoms. The average molecular weight is 282 g/mol. The van der Waals surface area contributed by atoms with Crippen molar-refractivity contribution < 1.29 is 9.90 Å². The zero-order chi connectivity index (χ0) is 14.2. The highest BCUT2D eigenvalue weighted by molar-refractivity contribution is 6.30. The molecule has 0 aliphatic carbocycles. The molecule has 2 rings (SSSR count). The number of hydrogen-bond donors (Lipinski definition) is 1. The van der Waals surface area contributed by atoms with Gasteiger partial charge >= 0.3 is 0 Å². The summed E-state index contributed by atoms with van der Waals surface area (Å²) in [7, 11) is 0. The number of phenols is 1. The van der Waals surface area contributed by atoms with Crippen LogP contribution in [0.3, 0.4) is 0 Å². The van der Waals surface area contributed by atoms with Gasteiger partial charge in [-0.3, -0.25) is 4.79 Å². The predicted octanol–water partition coefficient (Wildman–Crippen LogP) is 3.55. The summed E-state index contributed by atoms with van der Waals surface area (Å²) in [6.07, 6.45) is 1.14. The normalized spacial score (nSPS) is 27.4. The summed E-state index contributed by atoms with van der Waals surface area (Å²) in [5.41, 5.74) is 0.331. The highest BCUT2D eigenvalue weighted by Gasteiger charge is 2.33. The maximum absolute atomic E-state index is 12.6. The van der Waals surface area contributed by atoms with Crippen molar-refractivity contribution in [3.05, 3.63) is 28.8 Å². The molecular weight excluding hydrogens is 262 g/mol. The Kier molecular flexibility index (Phi) is 4.04. The number of carbonyl (C=O) groups is 1. The Morgan fingerprint density at radius 3 is 2.68 bits per heavy atom. The SMILES string of the molecule is CC1CC(C)C(C)N(C(=O)c2ccc(Cl)cc2O)C1. The van der Waals surface area contributed by atoms with Gasteiger partial charge in [0.05, 0.1) is 5.56 Å². The van der Waals surface area contributed by atoms with Crippen LogP contribution in [0.15, 0.2) is 18.2 Å². The van der Waals surface area contributed by atoms with Gasteiger partial charge in [-0.05, 0) is 43.4 Å². The van der Waals surface area contributed by atoms with Crippen LogP contribution in [0.2, 0.25) is 5.02 Å². The first-order valence-corrected chi connectivity index (χ1v) is 7.07. The summed E-state index contributed by atoms with van der Waals surface area (Å²) < 4.78 is 0. The number of benzene rings is 1. The highest BCUT2D eigenvalue weighted by atomic mass is 35.5. The standard InChI is InChI=1S/C15H20ClNO2/c1-9-6-10(2)11(3)17(8-9)15(19)13-5-4-12(16)7-14(13)18/h4-5,7,9-11,18H,6,8H2,1-3H3. The van der Waals surface area contributed by atoms with Crippen LogP contribution in [0.1, 0.15) is 37.6 Å². The average Bonchev–Trinajstić information content (AvgIpc) is 2.33. The van der Waals surface area contributed by atoms with Gasteiger partial charge in [-0.15, -0.1) is 0 Å². The maximum atomic E-state index is 12.6. The molecule has 0 bridgehead atoms. The molecule has 0 radical (unpaired) electrons. The molecule has 1 amide bonds. The third-order valence-electron chi connectivity index (χ3n) is 4.05. The molecule has 104 valence electrons. The Balaban J connectivity index is 2.27. The van der Waals surface area contributed by atoms with Crippen LogP contribution in [0, 0.1) is 11.8 Å². The van der Waals surface area contributed by atoms with Gasteiger partial charge in [0.15, 0.2) is 0 Å². The van der Waals surface area contributed by atoms with Crippen LogP contribution in [-0.4, -0.2) is 28.5 Å². The molecule has 1 aliphatic rings. The summed E-state index contributed by atoms with van der Waals surface area (Å²) in [4.78, 5) is 14.4. The van der Waals surface area contributed by atoms with Gasteiger partial charge in [0, 0.05) is 17.6 Å². The van der Waals surface area contributed by atoms with E-state index in [0.717, 1.165) is 13.0 Å². The second-order valence-corrected chi connectivity index (χ2v) is 6.11. The van der Waals surface area contributed by atoms with Crippen LogP contribution >= 0.6 is 11.6 Å². The number of hydrogen-bond acceptors (Lipinski definition) is 2. The van der Waals surface area contributed by atoms with Crippen molar-refractivity contribution in [2.24, 2.45) is 11.8 Å². The largest absolute Gasteiger partial charge is 0.507 e. The number of likely N-dealkylation sites (tertiary alicyclic amines) is 1. The lowest BCUT2D eigenvalue weighted by molar-refractivity contribution is 0.0453.